The third-order valence-corrected chi connectivity index (χ3v) is 12.2. The van der Waals surface area contributed by atoms with Gasteiger partial charge in [0.1, 0.15) is 11.2 Å². The number of para-hydroxylation sites is 3. The number of fused-ring (bicyclic) bond motifs is 7. The van der Waals surface area contributed by atoms with Gasteiger partial charge in [0, 0.05) is 50.4 Å². The minimum atomic E-state index is 0.862. The summed E-state index contributed by atoms with van der Waals surface area (Å²) in [7, 11) is 0. The van der Waals surface area contributed by atoms with E-state index in [9.17, 15) is 0 Å². The molecular formula is C58H38N2O. The molecule has 0 amide bonds. The van der Waals surface area contributed by atoms with Crippen LogP contribution in [0, 0.1) is 0 Å². The van der Waals surface area contributed by atoms with E-state index in [1.165, 1.54) is 66.0 Å². The van der Waals surface area contributed by atoms with Crippen LogP contribution in [0.5, 0.6) is 0 Å². The van der Waals surface area contributed by atoms with E-state index in [-0.39, 0.29) is 0 Å². The second kappa shape index (κ2) is 14.3. The number of rotatable bonds is 7. The number of hydrogen-bond donors (Lipinski definition) is 0. The summed E-state index contributed by atoms with van der Waals surface area (Å²) >= 11 is 0. The molecule has 12 aromatic rings. The van der Waals surface area contributed by atoms with Crippen LogP contribution in [0.3, 0.4) is 0 Å². The lowest BCUT2D eigenvalue weighted by atomic mass is 9.93. The van der Waals surface area contributed by atoms with E-state index in [1.54, 1.807) is 0 Å². The fourth-order valence-corrected chi connectivity index (χ4v) is 9.35. The van der Waals surface area contributed by atoms with E-state index in [2.05, 4.69) is 228 Å². The van der Waals surface area contributed by atoms with Crippen LogP contribution < -0.4 is 4.90 Å². The molecule has 0 aliphatic rings. The van der Waals surface area contributed by atoms with E-state index < -0.39 is 0 Å². The van der Waals surface area contributed by atoms with Crippen LogP contribution in [0.2, 0.25) is 0 Å². The molecule has 0 aliphatic carbocycles. The molecule has 0 saturated carbocycles. The Bertz CT molecular complexity index is 3580. The van der Waals surface area contributed by atoms with Crippen molar-refractivity contribution in [2.24, 2.45) is 0 Å². The van der Waals surface area contributed by atoms with Crippen molar-refractivity contribution >= 4 is 71.6 Å². The van der Waals surface area contributed by atoms with Gasteiger partial charge in [0.15, 0.2) is 0 Å². The summed E-state index contributed by atoms with van der Waals surface area (Å²) in [6, 6.07) is 82.9. The van der Waals surface area contributed by atoms with Crippen LogP contribution in [0.1, 0.15) is 0 Å². The molecule has 12 rings (SSSR count). The zero-order chi connectivity index (χ0) is 40.3. The Labute approximate surface area is 353 Å². The molecular weight excluding hydrogens is 741 g/mol. The molecule has 0 bridgehead atoms. The van der Waals surface area contributed by atoms with Crippen LogP contribution in [0.25, 0.3) is 93.6 Å². The molecule has 0 N–H and O–H groups in total. The summed E-state index contributed by atoms with van der Waals surface area (Å²) in [6.07, 6.45) is 0. The minimum Gasteiger partial charge on any atom is -0.456 e. The highest BCUT2D eigenvalue weighted by Crippen LogP contribution is 2.44. The van der Waals surface area contributed by atoms with Gasteiger partial charge in [-0.25, -0.2) is 0 Å². The van der Waals surface area contributed by atoms with Gasteiger partial charge in [0.2, 0.25) is 0 Å². The molecule has 0 spiro atoms. The molecule has 0 unspecified atom stereocenters. The molecule has 0 saturated heterocycles. The van der Waals surface area contributed by atoms with E-state index in [4.69, 9.17) is 4.42 Å². The molecule has 0 fully saturated rings. The fourth-order valence-electron chi connectivity index (χ4n) is 9.35. The minimum absolute atomic E-state index is 0.862. The number of nitrogens with zero attached hydrogens (tertiary/aromatic N) is 2. The SMILES string of the molecule is c1ccc(-c2ccc(N(c3ccc4cc(-c5cccc6c5c5ccccc5n6-c5ccccc5)ccc4c3)c3ccc4c(c3)oc3ccccc34)cc2-c2ccccc2)cc1. The Morgan fingerprint density at radius 2 is 0.918 bits per heavy atom. The molecule has 3 heteroatoms. The lowest BCUT2D eigenvalue weighted by molar-refractivity contribution is 0.669. The zero-order valence-corrected chi connectivity index (χ0v) is 33.2. The van der Waals surface area contributed by atoms with Crippen molar-refractivity contribution in [2.75, 3.05) is 4.90 Å². The third-order valence-electron chi connectivity index (χ3n) is 12.2. The second-order valence-corrected chi connectivity index (χ2v) is 15.7. The molecule has 0 atom stereocenters. The van der Waals surface area contributed by atoms with Gasteiger partial charge in [-0.05, 0) is 117 Å². The highest BCUT2D eigenvalue weighted by atomic mass is 16.3. The van der Waals surface area contributed by atoms with Crippen LogP contribution in [0.15, 0.2) is 235 Å². The van der Waals surface area contributed by atoms with Gasteiger partial charge in [-0.15, -0.1) is 0 Å². The van der Waals surface area contributed by atoms with E-state index >= 15 is 0 Å². The van der Waals surface area contributed by atoms with Gasteiger partial charge in [0.05, 0.1) is 11.0 Å². The Hall–Kier alpha value is -8.14. The highest BCUT2D eigenvalue weighted by molar-refractivity contribution is 6.16. The normalized spacial score (nSPS) is 11.6. The maximum absolute atomic E-state index is 6.47. The average Bonchev–Trinajstić information content (AvgIpc) is 3.88. The fraction of sp³-hybridized carbons (Fsp3) is 0. The predicted octanol–water partition coefficient (Wildman–Crippen LogP) is 16.3. The monoisotopic (exact) mass is 778 g/mol. The van der Waals surface area contributed by atoms with E-state index in [0.29, 0.717) is 0 Å². The molecule has 61 heavy (non-hydrogen) atoms. The first-order valence-electron chi connectivity index (χ1n) is 20.8. The number of furan rings is 1. The highest BCUT2D eigenvalue weighted by Gasteiger charge is 2.20. The second-order valence-electron chi connectivity index (χ2n) is 15.7. The Morgan fingerprint density at radius 3 is 1.74 bits per heavy atom. The smallest absolute Gasteiger partial charge is 0.137 e. The van der Waals surface area contributed by atoms with Crippen molar-refractivity contribution in [3.63, 3.8) is 0 Å². The summed E-state index contributed by atoms with van der Waals surface area (Å²) in [6.45, 7) is 0. The number of anilines is 3. The molecule has 3 nitrogen and oxygen atoms in total. The first-order valence-corrected chi connectivity index (χ1v) is 20.8. The van der Waals surface area contributed by atoms with Gasteiger partial charge >= 0.3 is 0 Å². The van der Waals surface area contributed by atoms with Crippen LogP contribution in [-0.4, -0.2) is 4.57 Å². The van der Waals surface area contributed by atoms with Crippen molar-refractivity contribution in [1.82, 2.24) is 4.57 Å². The van der Waals surface area contributed by atoms with Gasteiger partial charge < -0.3 is 13.9 Å². The first-order chi connectivity index (χ1) is 30.2. The Morgan fingerprint density at radius 1 is 0.328 bits per heavy atom. The Balaban J connectivity index is 1.02. The molecule has 2 aromatic heterocycles. The number of aromatic nitrogens is 1. The lowest BCUT2D eigenvalue weighted by Gasteiger charge is -2.27. The van der Waals surface area contributed by atoms with Crippen molar-refractivity contribution in [1.29, 1.82) is 0 Å². The lowest BCUT2D eigenvalue weighted by Crippen LogP contribution is -2.10. The van der Waals surface area contributed by atoms with Gasteiger partial charge in [0.25, 0.3) is 0 Å². The van der Waals surface area contributed by atoms with Crippen molar-refractivity contribution in [3.05, 3.63) is 231 Å². The van der Waals surface area contributed by atoms with Gasteiger partial charge in [-0.1, -0.05) is 152 Å². The van der Waals surface area contributed by atoms with Gasteiger partial charge in [-0.3, -0.25) is 0 Å². The molecule has 286 valence electrons. The molecule has 0 radical (unpaired) electrons. The van der Waals surface area contributed by atoms with Crippen molar-refractivity contribution < 1.29 is 4.42 Å². The number of hydrogen-bond acceptors (Lipinski definition) is 2. The average molecular weight is 779 g/mol. The van der Waals surface area contributed by atoms with Crippen molar-refractivity contribution in [3.8, 4) is 39.1 Å². The summed E-state index contributed by atoms with van der Waals surface area (Å²) < 4.78 is 8.85. The quantitative estimate of drug-likeness (QED) is 0.161. The summed E-state index contributed by atoms with van der Waals surface area (Å²) in [5.74, 6) is 0. The maximum atomic E-state index is 6.47. The molecule has 2 heterocycles. The standard InChI is InChI=1S/C58H38N2O/c1-4-15-39(16-5-1)48-33-31-46(37-53(48)40-17-6-2-7-18-40)59(47-32-34-51-50-21-11-13-26-56(50)61-57(51)38-47)45-30-29-41-35-43(28-27-42(41)36-45)49-23-14-25-55-58(49)52-22-10-12-24-54(52)60(55)44-19-8-3-9-20-44/h1-38H. The first kappa shape index (κ1) is 34.9. The van der Waals surface area contributed by atoms with Crippen LogP contribution in [0.4, 0.5) is 17.1 Å². The number of benzene rings is 10. The zero-order valence-electron chi connectivity index (χ0n) is 33.2. The van der Waals surface area contributed by atoms with Crippen LogP contribution >= 0.6 is 0 Å². The summed E-state index contributed by atoms with van der Waals surface area (Å²) in [4.78, 5) is 2.36. The topological polar surface area (TPSA) is 21.3 Å². The summed E-state index contributed by atoms with van der Waals surface area (Å²) in [5, 5.41) is 7.09. The molecule has 0 aliphatic heterocycles. The predicted molar refractivity (Wildman–Crippen MR) is 257 cm³/mol. The maximum Gasteiger partial charge on any atom is 0.137 e. The van der Waals surface area contributed by atoms with E-state index in [1.807, 2.05) is 12.1 Å². The Kier molecular flexibility index (Phi) is 8.17. The third kappa shape index (κ3) is 5.90. The molecule has 10 aromatic carbocycles. The largest absolute Gasteiger partial charge is 0.456 e. The van der Waals surface area contributed by atoms with Crippen molar-refractivity contribution in [2.45, 2.75) is 0 Å². The van der Waals surface area contributed by atoms with Crippen LogP contribution in [-0.2, 0) is 0 Å². The summed E-state index contributed by atoms with van der Waals surface area (Å²) in [5.41, 5.74) is 15.6. The van der Waals surface area contributed by atoms with Gasteiger partial charge in [-0.2, -0.15) is 0 Å². The van der Waals surface area contributed by atoms with E-state index in [0.717, 1.165) is 44.7 Å².